The highest BCUT2D eigenvalue weighted by molar-refractivity contribution is 6.33. The molecule has 1 fully saturated rings. The van der Waals surface area contributed by atoms with Crippen molar-refractivity contribution in [2.45, 2.75) is 12.5 Å². The molecule has 0 saturated carbocycles. The van der Waals surface area contributed by atoms with Gasteiger partial charge in [-0.1, -0.05) is 23.7 Å². The molecule has 2 aromatic heterocycles. The Kier molecular flexibility index (Phi) is 4.59. The predicted molar refractivity (Wildman–Crippen MR) is 96.9 cm³/mol. The smallest absolute Gasteiger partial charge is 0.259 e. The van der Waals surface area contributed by atoms with Crippen LogP contribution in [0, 0.1) is 0 Å². The molecule has 0 aliphatic carbocycles. The van der Waals surface area contributed by atoms with E-state index < -0.39 is 0 Å². The van der Waals surface area contributed by atoms with Gasteiger partial charge in [0.25, 0.3) is 5.91 Å². The summed E-state index contributed by atoms with van der Waals surface area (Å²) in [5.74, 6) is 0.743. The molecule has 1 unspecified atom stereocenters. The van der Waals surface area contributed by atoms with Crippen LogP contribution in [0.3, 0.4) is 0 Å². The Labute approximate surface area is 154 Å². The number of benzene rings is 1. The Balaban J connectivity index is 1.73. The quantitative estimate of drug-likeness (QED) is 0.728. The number of hydrogen-bond donors (Lipinski definition) is 2. The molecule has 4 rings (SSSR count). The summed E-state index contributed by atoms with van der Waals surface area (Å²) < 4.78 is 0. The minimum Gasteiger partial charge on any atom is -0.315 e. The van der Waals surface area contributed by atoms with Gasteiger partial charge >= 0.3 is 0 Å². The van der Waals surface area contributed by atoms with Gasteiger partial charge in [0.1, 0.15) is 0 Å². The van der Waals surface area contributed by atoms with E-state index in [2.05, 4.69) is 30.9 Å². The van der Waals surface area contributed by atoms with Gasteiger partial charge in [-0.25, -0.2) is 4.98 Å². The van der Waals surface area contributed by atoms with E-state index >= 15 is 0 Å². The topological polar surface area (TPSA) is 99.7 Å². The number of hydrogen-bond acceptors (Lipinski definition) is 6. The maximum atomic E-state index is 13.3. The molecule has 0 bridgehead atoms. The van der Waals surface area contributed by atoms with Crippen molar-refractivity contribution >= 4 is 23.3 Å². The third kappa shape index (κ3) is 3.16. The van der Waals surface area contributed by atoms with E-state index in [0.717, 1.165) is 13.0 Å². The molecule has 3 aromatic rings. The van der Waals surface area contributed by atoms with Crippen LogP contribution in [-0.2, 0) is 0 Å². The van der Waals surface area contributed by atoms with Crippen molar-refractivity contribution in [1.82, 2.24) is 30.9 Å². The van der Waals surface area contributed by atoms with Crippen molar-refractivity contribution in [2.75, 3.05) is 18.0 Å². The molecule has 3 heterocycles. The maximum absolute atomic E-state index is 13.3. The highest BCUT2D eigenvalue weighted by atomic mass is 35.5. The van der Waals surface area contributed by atoms with Crippen LogP contribution in [0.1, 0.15) is 16.8 Å². The van der Waals surface area contributed by atoms with Gasteiger partial charge in [0.15, 0.2) is 5.82 Å². The third-order valence-corrected chi connectivity index (χ3v) is 4.59. The Hall–Kier alpha value is -2.84. The fourth-order valence-electron chi connectivity index (χ4n) is 3.06. The molecule has 0 radical (unpaired) electrons. The number of anilines is 1. The van der Waals surface area contributed by atoms with Gasteiger partial charge in [0.05, 0.1) is 11.1 Å². The summed E-state index contributed by atoms with van der Waals surface area (Å²) in [7, 11) is 0. The zero-order valence-corrected chi connectivity index (χ0v) is 14.5. The van der Waals surface area contributed by atoms with Crippen LogP contribution in [0.4, 0.5) is 5.82 Å². The van der Waals surface area contributed by atoms with Crippen molar-refractivity contribution in [3.63, 3.8) is 0 Å². The molecule has 9 heteroatoms. The number of carbonyl (C=O) groups is 1. The molecular weight excluding hydrogens is 354 g/mol. The van der Waals surface area contributed by atoms with Crippen LogP contribution in [-0.4, -0.2) is 50.6 Å². The second-order valence-electron chi connectivity index (χ2n) is 5.95. The van der Waals surface area contributed by atoms with Crippen LogP contribution in [0.25, 0.3) is 11.4 Å². The molecule has 1 aromatic carbocycles. The lowest BCUT2D eigenvalue weighted by Gasteiger charge is -2.28. The number of rotatable bonds is 4. The maximum Gasteiger partial charge on any atom is 0.259 e. The van der Waals surface area contributed by atoms with Gasteiger partial charge in [-0.05, 0) is 42.4 Å². The van der Waals surface area contributed by atoms with E-state index in [1.807, 2.05) is 6.07 Å². The summed E-state index contributed by atoms with van der Waals surface area (Å²) >= 11 is 6.33. The average molecular weight is 370 g/mol. The molecule has 1 aliphatic rings. The Morgan fingerprint density at radius 1 is 1.27 bits per heavy atom. The Morgan fingerprint density at radius 3 is 2.92 bits per heavy atom. The number of nitrogens with one attached hydrogen (secondary N) is 2. The van der Waals surface area contributed by atoms with Crippen LogP contribution >= 0.6 is 11.6 Å². The summed E-state index contributed by atoms with van der Waals surface area (Å²) in [6.07, 6.45) is 2.47. The van der Waals surface area contributed by atoms with Crippen LogP contribution < -0.4 is 10.2 Å². The predicted octanol–water partition coefficient (Wildman–Crippen LogP) is 1.92. The second kappa shape index (κ2) is 7.19. The number of halogens is 1. The molecule has 2 N–H and O–H groups in total. The minimum atomic E-state index is -0.162. The summed E-state index contributed by atoms with van der Waals surface area (Å²) in [6.45, 7) is 1.55. The Morgan fingerprint density at radius 2 is 2.19 bits per heavy atom. The van der Waals surface area contributed by atoms with Crippen molar-refractivity contribution in [2.24, 2.45) is 0 Å². The average Bonchev–Trinajstić information content (AvgIpc) is 3.38. The van der Waals surface area contributed by atoms with Gasteiger partial charge in [0, 0.05) is 23.9 Å². The van der Waals surface area contributed by atoms with Gasteiger partial charge < -0.3 is 5.32 Å². The largest absolute Gasteiger partial charge is 0.315 e. The number of aromatic amines is 1. The summed E-state index contributed by atoms with van der Waals surface area (Å²) in [5.41, 5.74) is 1.22. The molecule has 1 saturated heterocycles. The monoisotopic (exact) mass is 369 g/mol. The molecule has 26 heavy (non-hydrogen) atoms. The lowest BCUT2D eigenvalue weighted by Crippen LogP contribution is -2.42. The molecule has 1 aliphatic heterocycles. The van der Waals surface area contributed by atoms with Gasteiger partial charge in [-0.3, -0.25) is 9.69 Å². The number of nitrogens with zero attached hydrogens (tertiary/aromatic N) is 5. The van der Waals surface area contributed by atoms with Gasteiger partial charge in [0.2, 0.25) is 5.82 Å². The van der Waals surface area contributed by atoms with Crippen molar-refractivity contribution in [3.05, 3.63) is 53.2 Å². The SMILES string of the molecule is O=C(c1cccc(-c2nn[nH]n2)c1)N(c1ncccc1Cl)C1CCNC1. The van der Waals surface area contributed by atoms with E-state index in [4.69, 9.17) is 11.6 Å². The number of carbonyl (C=O) groups excluding carboxylic acids is 1. The summed E-state index contributed by atoms with van der Waals surface area (Å²) in [6, 6.07) is 10.6. The first-order valence-electron chi connectivity index (χ1n) is 8.23. The van der Waals surface area contributed by atoms with Crippen LogP contribution in [0.5, 0.6) is 0 Å². The lowest BCUT2D eigenvalue weighted by molar-refractivity contribution is 0.0977. The second-order valence-corrected chi connectivity index (χ2v) is 6.35. The zero-order chi connectivity index (χ0) is 17.9. The molecule has 1 atom stereocenters. The normalized spacial score (nSPS) is 16.6. The lowest BCUT2D eigenvalue weighted by atomic mass is 10.1. The zero-order valence-electron chi connectivity index (χ0n) is 13.8. The number of aromatic nitrogens is 5. The van der Waals surface area contributed by atoms with Gasteiger partial charge in [-0.2, -0.15) is 5.21 Å². The number of tetrazole rings is 1. The van der Waals surface area contributed by atoms with E-state index in [9.17, 15) is 4.79 Å². The van der Waals surface area contributed by atoms with E-state index in [1.165, 1.54) is 0 Å². The number of amides is 1. The highest BCUT2D eigenvalue weighted by Crippen LogP contribution is 2.28. The van der Waals surface area contributed by atoms with Crippen molar-refractivity contribution in [1.29, 1.82) is 0 Å². The first kappa shape index (κ1) is 16.6. The first-order valence-corrected chi connectivity index (χ1v) is 8.60. The van der Waals surface area contributed by atoms with Crippen molar-refractivity contribution in [3.8, 4) is 11.4 Å². The standard InChI is InChI=1S/C17H16ClN7O/c18-14-5-2-7-20-16(14)25(13-6-8-19-10-13)17(26)12-4-1-3-11(9-12)15-21-23-24-22-15/h1-5,7,9,13,19H,6,8,10H2,(H,21,22,23,24). The number of H-pyrrole nitrogens is 1. The fourth-order valence-corrected chi connectivity index (χ4v) is 3.28. The molecule has 1 amide bonds. The van der Waals surface area contributed by atoms with Crippen LogP contribution in [0.2, 0.25) is 5.02 Å². The third-order valence-electron chi connectivity index (χ3n) is 4.30. The summed E-state index contributed by atoms with van der Waals surface area (Å²) in [4.78, 5) is 19.4. The van der Waals surface area contributed by atoms with E-state index in [-0.39, 0.29) is 11.9 Å². The van der Waals surface area contributed by atoms with Gasteiger partial charge in [-0.15, -0.1) is 10.2 Å². The molecule has 0 spiro atoms. The molecule has 8 nitrogen and oxygen atoms in total. The van der Waals surface area contributed by atoms with Crippen molar-refractivity contribution < 1.29 is 4.79 Å². The highest BCUT2D eigenvalue weighted by Gasteiger charge is 2.31. The van der Waals surface area contributed by atoms with E-state index in [1.54, 1.807) is 41.4 Å². The van der Waals surface area contributed by atoms with E-state index in [0.29, 0.717) is 34.3 Å². The molecular formula is C17H16ClN7O. The number of pyridine rings is 1. The Bertz CT molecular complexity index is 909. The van der Waals surface area contributed by atoms with Crippen LogP contribution in [0.15, 0.2) is 42.6 Å². The fraction of sp³-hybridized carbons (Fsp3) is 0.235. The summed E-state index contributed by atoms with van der Waals surface area (Å²) in [5, 5.41) is 17.6. The minimum absolute atomic E-state index is 0.0104. The first-order chi connectivity index (χ1) is 12.7. The molecule has 132 valence electrons.